The van der Waals surface area contributed by atoms with Gasteiger partial charge in [-0.2, -0.15) is 0 Å². The van der Waals surface area contributed by atoms with Crippen molar-refractivity contribution in [1.82, 2.24) is 0 Å². The van der Waals surface area contributed by atoms with Gasteiger partial charge in [-0.3, -0.25) is 0 Å². The van der Waals surface area contributed by atoms with E-state index in [0.29, 0.717) is 16.5 Å². The van der Waals surface area contributed by atoms with Gasteiger partial charge in [0.25, 0.3) is 0 Å². The van der Waals surface area contributed by atoms with Crippen LogP contribution in [0.1, 0.15) is 36.1 Å². The van der Waals surface area contributed by atoms with E-state index in [-0.39, 0.29) is 4.83 Å². The van der Waals surface area contributed by atoms with E-state index < -0.39 is 11.6 Å². The first-order valence-corrected chi connectivity index (χ1v) is 6.66. The third-order valence-corrected chi connectivity index (χ3v) is 4.34. The van der Waals surface area contributed by atoms with Crippen molar-refractivity contribution in [2.45, 2.75) is 30.5 Å². The Morgan fingerprint density at radius 2 is 1.94 bits per heavy atom. The summed E-state index contributed by atoms with van der Waals surface area (Å²) in [7, 11) is 0. The molecule has 0 radical (unpaired) electrons. The van der Waals surface area contributed by atoms with Crippen LogP contribution in [-0.2, 0) is 0 Å². The van der Waals surface area contributed by atoms with Crippen molar-refractivity contribution in [3.8, 4) is 0 Å². The van der Waals surface area contributed by atoms with Gasteiger partial charge in [-0.25, -0.2) is 8.78 Å². The number of hydrogen-bond acceptors (Lipinski definition) is 0. The Morgan fingerprint density at radius 1 is 1.31 bits per heavy atom. The van der Waals surface area contributed by atoms with Crippen LogP contribution in [0.3, 0.4) is 0 Å². The van der Waals surface area contributed by atoms with Gasteiger partial charge in [0.2, 0.25) is 0 Å². The van der Waals surface area contributed by atoms with E-state index in [1.807, 2.05) is 0 Å². The summed E-state index contributed by atoms with van der Waals surface area (Å²) in [5, 5.41) is 0.292. The van der Waals surface area contributed by atoms with E-state index in [0.717, 1.165) is 12.5 Å². The van der Waals surface area contributed by atoms with E-state index in [1.54, 1.807) is 0 Å². The van der Waals surface area contributed by atoms with Gasteiger partial charge in [-0.15, -0.1) is 0 Å². The third-order valence-electron chi connectivity index (χ3n) is 3.14. The molecular formula is C12H12BrClF2. The molecule has 2 rings (SSSR count). The summed E-state index contributed by atoms with van der Waals surface area (Å²) in [6, 6.07) is 2.23. The molecule has 0 aromatic heterocycles. The molecule has 1 saturated carbocycles. The molecule has 0 aliphatic heterocycles. The lowest BCUT2D eigenvalue weighted by atomic mass is 9.81. The van der Waals surface area contributed by atoms with Gasteiger partial charge in [0.1, 0.15) is 0 Å². The van der Waals surface area contributed by atoms with Gasteiger partial charge in [0, 0.05) is 9.85 Å². The molecule has 1 unspecified atom stereocenters. The fourth-order valence-electron chi connectivity index (χ4n) is 1.93. The zero-order chi connectivity index (χ0) is 11.7. The van der Waals surface area contributed by atoms with E-state index in [9.17, 15) is 8.78 Å². The minimum absolute atomic E-state index is 0.0143. The zero-order valence-electron chi connectivity index (χ0n) is 8.65. The van der Waals surface area contributed by atoms with E-state index >= 15 is 0 Å². The molecule has 0 saturated heterocycles. The predicted molar refractivity (Wildman–Crippen MR) is 65.0 cm³/mol. The van der Waals surface area contributed by atoms with Gasteiger partial charge in [-0.05, 0) is 30.0 Å². The Morgan fingerprint density at radius 3 is 2.50 bits per heavy atom. The molecule has 1 aliphatic rings. The van der Waals surface area contributed by atoms with Crippen molar-refractivity contribution in [3.05, 3.63) is 34.4 Å². The number of rotatable bonds is 3. The smallest absolute Gasteiger partial charge is 0.160 e. The molecule has 0 bridgehead atoms. The van der Waals surface area contributed by atoms with Crippen LogP contribution >= 0.6 is 27.5 Å². The van der Waals surface area contributed by atoms with Crippen LogP contribution in [-0.4, -0.2) is 0 Å². The van der Waals surface area contributed by atoms with Gasteiger partial charge in [-0.1, -0.05) is 46.8 Å². The van der Waals surface area contributed by atoms with Crippen LogP contribution in [0, 0.1) is 17.6 Å². The highest BCUT2D eigenvalue weighted by atomic mass is 79.9. The average Bonchev–Trinajstić information content (AvgIpc) is 2.17. The first-order valence-electron chi connectivity index (χ1n) is 5.36. The maximum absolute atomic E-state index is 13.1. The SMILES string of the molecule is Fc1cc(Cl)c(C(Br)CC2CCC2)cc1F. The monoisotopic (exact) mass is 308 g/mol. The quantitative estimate of drug-likeness (QED) is 0.529. The normalized spacial score (nSPS) is 18.2. The molecule has 0 spiro atoms. The van der Waals surface area contributed by atoms with Crippen molar-refractivity contribution >= 4 is 27.5 Å². The third kappa shape index (κ3) is 2.57. The molecular weight excluding hydrogens is 297 g/mol. The molecule has 1 aliphatic carbocycles. The molecule has 1 aromatic rings. The predicted octanol–water partition coefficient (Wildman–Crippen LogP) is 5.24. The highest BCUT2D eigenvalue weighted by Crippen LogP contribution is 2.41. The van der Waals surface area contributed by atoms with Gasteiger partial charge in [0.15, 0.2) is 11.6 Å². The Hall–Kier alpha value is -0.150. The molecule has 0 N–H and O–H groups in total. The second kappa shape index (κ2) is 5.01. The van der Waals surface area contributed by atoms with Gasteiger partial charge < -0.3 is 0 Å². The first-order chi connectivity index (χ1) is 7.58. The standard InChI is InChI=1S/C12H12BrClF2/c13-9(4-7-2-1-3-7)8-5-11(15)12(16)6-10(8)14/h5-7,9H,1-4H2. The van der Waals surface area contributed by atoms with Crippen LogP contribution in [0.25, 0.3) is 0 Å². The highest BCUT2D eigenvalue weighted by Gasteiger charge is 2.23. The lowest BCUT2D eigenvalue weighted by Gasteiger charge is -2.27. The van der Waals surface area contributed by atoms with Crippen LogP contribution in [0.15, 0.2) is 12.1 Å². The van der Waals surface area contributed by atoms with Crippen molar-refractivity contribution in [3.63, 3.8) is 0 Å². The van der Waals surface area contributed by atoms with E-state index in [1.165, 1.54) is 25.3 Å². The molecule has 16 heavy (non-hydrogen) atoms. The van der Waals surface area contributed by atoms with Gasteiger partial charge >= 0.3 is 0 Å². The zero-order valence-corrected chi connectivity index (χ0v) is 11.0. The summed E-state index contributed by atoms with van der Waals surface area (Å²) in [5.74, 6) is -1.04. The number of halogens is 4. The molecule has 0 amide bonds. The lowest BCUT2D eigenvalue weighted by molar-refractivity contribution is 0.295. The van der Waals surface area contributed by atoms with Gasteiger partial charge in [0.05, 0.1) is 0 Å². The molecule has 0 heterocycles. The second-order valence-corrected chi connectivity index (χ2v) is 5.80. The number of benzene rings is 1. The fourth-order valence-corrected chi connectivity index (χ4v) is 3.25. The summed E-state index contributed by atoms with van der Waals surface area (Å²) in [5.41, 5.74) is 0.646. The van der Waals surface area contributed by atoms with Crippen LogP contribution in [0.4, 0.5) is 8.78 Å². The summed E-state index contributed by atoms with van der Waals surface area (Å²) in [6.45, 7) is 0. The minimum Gasteiger partial charge on any atom is -0.204 e. The molecule has 1 aromatic carbocycles. The lowest BCUT2D eigenvalue weighted by Crippen LogP contribution is -2.13. The fraction of sp³-hybridized carbons (Fsp3) is 0.500. The van der Waals surface area contributed by atoms with E-state index in [2.05, 4.69) is 15.9 Å². The summed E-state index contributed by atoms with van der Waals surface area (Å²) in [4.78, 5) is 0.0143. The Kier molecular flexibility index (Phi) is 3.85. The van der Waals surface area contributed by atoms with Crippen LogP contribution < -0.4 is 0 Å². The highest BCUT2D eigenvalue weighted by molar-refractivity contribution is 9.09. The maximum Gasteiger partial charge on any atom is 0.160 e. The summed E-state index contributed by atoms with van der Waals surface area (Å²) in [6.07, 6.45) is 4.66. The average molecular weight is 310 g/mol. The van der Waals surface area contributed by atoms with Crippen molar-refractivity contribution < 1.29 is 8.78 Å². The van der Waals surface area contributed by atoms with Crippen molar-refractivity contribution in [1.29, 1.82) is 0 Å². The van der Waals surface area contributed by atoms with E-state index in [4.69, 9.17) is 11.6 Å². The number of alkyl halides is 1. The second-order valence-electron chi connectivity index (χ2n) is 4.29. The molecule has 88 valence electrons. The summed E-state index contributed by atoms with van der Waals surface area (Å²) >= 11 is 9.40. The van der Waals surface area contributed by atoms with Crippen LogP contribution in [0.5, 0.6) is 0 Å². The van der Waals surface area contributed by atoms with Crippen molar-refractivity contribution in [2.24, 2.45) is 5.92 Å². The molecule has 1 fully saturated rings. The maximum atomic E-state index is 13.1. The number of hydrogen-bond donors (Lipinski definition) is 0. The Labute approximate surface area is 107 Å². The molecule has 1 atom stereocenters. The van der Waals surface area contributed by atoms with Crippen molar-refractivity contribution in [2.75, 3.05) is 0 Å². The minimum atomic E-state index is -0.892. The molecule has 0 nitrogen and oxygen atoms in total. The summed E-state index contributed by atoms with van der Waals surface area (Å²) < 4.78 is 26.0. The Bertz CT molecular complexity index is 391. The van der Waals surface area contributed by atoms with Crippen LogP contribution in [0.2, 0.25) is 5.02 Å². The topological polar surface area (TPSA) is 0 Å². The Balaban J connectivity index is 2.14. The first kappa shape index (κ1) is 12.3. The largest absolute Gasteiger partial charge is 0.204 e. The molecule has 4 heteroatoms.